The van der Waals surface area contributed by atoms with Gasteiger partial charge in [0.1, 0.15) is 5.78 Å². The average Bonchev–Trinajstić information content (AvgIpc) is 2.29. The Bertz CT molecular complexity index is 412. The Balaban J connectivity index is 2.34. The van der Waals surface area contributed by atoms with Crippen LogP contribution >= 0.6 is 0 Å². The molecule has 0 saturated heterocycles. The number of Topliss-reactive ketones (excluding diaryl/α,β-unsaturated/α-hetero) is 2. The number of carbonyl (C=O) groups is 2. The van der Waals surface area contributed by atoms with Crippen molar-refractivity contribution in [3.8, 4) is 0 Å². The number of rotatable bonds is 2. The van der Waals surface area contributed by atoms with Crippen LogP contribution in [0, 0.1) is 5.92 Å². The van der Waals surface area contributed by atoms with Gasteiger partial charge in [0.2, 0.25) is 0 Å². The Hall–Kier alpha value is -1.51. The van der Waals surface area contributed by atoms with Crippen molar-refractivity contribution in [3.63, 3.8) is 0 Å². The summed E-state index contributed by atoms with van der Waals surface area (Å²) in [7, 11) is 0. The minimum Gasteiger partial charge on any atom is -0.299 e. The number of aromatic nitrogens is 1. The molecule has 0 radical (unpaired) electrons. The van der Waals surface area contributed by atoms with Gasteiger partial charge in [-0.15, -0.1) is 0 Å². The molecule has 0 bridgehead atoms. The van der Waals surface area contributed by atoms with Crippen molar-refractivity contribution in [2.75, 3.05) is 0 Å². The maximum atomic E-state index is 12.0. The lowest BCUT2D eigenvalue weighted by atomic mass is 9.81. The van der Waals surface area contributed by atoms with E-state index in [2.05, 4.69) is 4.98 Å². The van der Waals surface area contributed by atoms with Crippen LogP contribution in [0.3, 0.4) is 0 Å². The van der Waals surface area contributed by atoms with E-state index in [0.29, 0.717) is 18.4 Å². The molecule has 1 aromatic rings. The number of hydrogen-bond donors (Lipinski definition) is 0. The summed E-state index contributed by atoms with van der Waals surface area (Å²) in [5, 5.41) is 0. The van der Waals surface area contributed by atoms with Crippen LogP contribution < -0.4 is 0 Å². The maximum Gasteiger partial charge on any atom is 0.173 e. The van der Waals surface area contributed by atoms with Crippen LogP contribution in [0.15, 0.2) is 18.5 Å². The van der Waals surface area contributed by atoms with Crippen LogP contribution in [0.5, 0.6) is 0 Å². The molecule has 0 N–H and O–H groups in total. The zero-order chi connectivity index (χ0) is 10.8. The highest BCUT2D eigenvalue weighted by Crippen LogP contribution is 2.25. The predicted molar refractivity (Wildman–Crippen MR) is 55.7 cm³/mol. The first-order chi connectivity index (χ1) is 7.24. The van der Waals surface area contributed by atoms with Gasteiger partial charge in [0.25, 0.3) is 0 Å². The molecular formula is C12H13NO2. The summed E-state index contributed by atoms with van der Waals surface area (Å²) in [6, 6.07) is 1.72. The van der Waals surface area contributed by atoms with E-state index in [-0.39, 0.29) is 11.6 Å². The smallest absolute Gasteiger partial charge is 0.173 e. The highest BCUT2D eigenvalue weighted by atomic mass is 16.1. The molecule has 1 aromatic heterocycles. The number of hydrogen-bond acceptors (Lipinski definition) is 3. The van der Waals surface area contributed by atoms with E-state index in [1.807, 2.05) is 0 Å². The van der Waals surface area contributed by atoms with Crippen LogP contribution in [0.1, 0.15) is 35.7 Å². The fourth-order valence-corrected chi connectivity index (χ4v) is 2.04. The summed E-state index contributed by atoms with van der Waals surface area (Å²) in [4.78, 5) is 27.5. The van der Waals surface area contributed by atoms with Crippen molar-refractivity contribution in [1.82, 2.24) is 4.98 Å². The standard InChI is InChI=1S/C12H13NO2/c1-2-11(14)10-4-3-8-7-13-6-5-9(8)12(10)15/h5-7,10H,2-4H2,1H3. The van der Waals surface area contributed by atoms with Gasteiger partial charge >= 0.3 is 0 Å². The molecule has 1 heterocycles. The second-order valence-corrected chi connectivity index (χ2v) is 3.81. The lowest BCUT2D eigenvalue weighted by Crippen LogP contribution is -2.29. The van der Waals surface area contributed by atoms with Gasteiger partial charge in [0.15, 0.2) is 5.78 Å². The minimum absolute atomic E-state index is 0.0227. The lowest BCUT2D eigenvalue weighted by Gasteiger charge is -2.21. The van der Waals surface area contributed by atoms with Gasteiger partial charge in [0.05, 0.1) is 5.92 Å². The van der Waals surface area contributed by atoms with E-state index in [4.69, 9.17) is 0 Å². The summed E-state index contributed by atoms with van der Waals surface area (Å²) in [6.45, 7) is 1.80. The van der Waals surface area contributed by atoms with Gasteiger partial charge in [-0.2, -0.15) is 0 Å². The topological polar surface area (TPSA) is 47.0 Å². The van der Waals surface area contributed by atoms with E-state index in [1.165, 1.54) is 0 Å². The molecule has 3 heteroatoms. The number of ketones is 2. The van der Waals surface area contributed by atoms with Crippen molar-refractivity contribution >= 4 is 11.6 Å². The number of pyridine rings is 1. The number of nitrogens with zero attached hydrogens (tertiary/aromatic N) is 1. The third kappa shape index (κ3) is 1.69. The quantitative estimate of drug-likeness (QED) is 0.688. The summed E-state index contributed by atoms with van der Waals surface area (Å²) in [5.41, 5.74) is 1.66. The van der Waals surface area contributed by atoms with E-state index in [1.54, 1.807) is 25.4 Å². The molecule has 0 fully saturated rings. The molecule has 1 atom stereocenters. The van der Waals surface area contributed by atoms with Crippen LogP contribution in [0.25, 0.3) is 0 Å². The van der Waals surface area contributed by atoms with E-state index < -0.39 is 5.92 Å². The Morgan fingerprint density at radius 3 is 3.13 bits per heavy atom. The zero-order valence-electron chi connectivity index (χ0n) is 8.69. The van der Waals surface area contributed by atoms with E-state index >= 15 is 0 Å². The summed E-state index contributed by atoms with van der Waals surface area (Å²) in [6.07, 6.45) is 5.20. The number of fused-ring (bicyclic) bond motifs is 1. The fraction of sp³-hybridized carbons (Fsp3) is 0.417. The summed E-state index contributed by atoms with van der Waals surface area (Å²) < 4.78 is 0. The Labute approximate surface area is 88.5 Å². The first kappa shape index (κ1) is 10.0. The number of carbonyl (C=O) groups excluding carboxylic acids is 2. The molecule has 15 heavy (non-hydrogen) atoms. The van der Waals surface area contributed by atoms with Crippen molar-refractivity contribution in [1.29, 1.82) is 0 Å². The zero-order valence-corrected chi connectivity index (χ0v) is 8.69. The molecular weight excluding hydrogens is 190 g/mol. The lowest BCUT2D eigenvalue weighted by molar-refractivity contribution is -0.121. The monoisotopic (exact) mass is 203 g/mol. The summed E-state index contributed by atoms with van der Waals surface area (Å²) >= 11 is 0. The molecule has 0 saturated carbocycles. The Kier molecular flexibility index (Phi) is 2.62. The van der Waals surface area contributed by atoms with Crippen LogP contribution in [0.2, 0.25) is 0 Å². The molecule has 1 aliphatic rings. The highest BCUT2D eigenvalue weighted by Gasteiger charge is 2.31. The normalized spacial score (nSPS) is 19.8. The van der Waals surface area contributed by atoms with E-state index in [0.717, 1.165) is 12.0 Å². The van der Waals surface area contributed by atoms with Crippen LogP contribution in [-0.4, -0.2) is 16.6 Å². The molecule has 0 spiro atoms. The van der Waals surface area contributed by atoms with Crippen molar-refractivity contribution < 1.29 is 9.59 Å². The van der Waals surface area contributed by atoms with Gasteiger partial charge in [-0.3, -0.25) is 14.6 Å². The SMILES string of the molecule is CCC(=O)C1CCc2cnccc2C1=O. The first-order valence-corrected chi connectivity index (χ1v) is 5.24. The van der Waals surface area contributed by atoms with Crippen molar-refractivity contribution in [2.24, 2.45) is 5.92 Å². The molecule has 2 rings (SSSR count). The van der Waals surface area contributed by atoms with Gasteiger partial charge in [-0.25, -0.2) is 0 Å². The van der Waals surface area contributed by atoms with Gasteiger partial charge < -0.3 is 0 Å². The second kappa shape index (κ2) is 3.93. The van der Waals surface area contributed by atoms with Gasteiger partial charge in [0, 0.05) is 24.4 Å². The number of aryl methyl sites for hydroxylation is 1. The van der Waals surface area contributed by atoms with E-state index in [9.17, 15) is 9.59 Å². The van der Waals surface area contributed by atoms with Crippen LogP contribution in [-0.2, 0) is 11.2 Å². The molecule has 1 aliphatic carbocycles. The molecule has 0 amide bonds. The van der Waals surface area contributed by atoms with Gasteiger partial charge in [-0.05, 0) is 24.5 Å². The summed E-state index contributed by atoms with van der Waals surface area (Å²) in [5.74, 6) is -0.377. The van der Waals surface area contributed by atoms with Crippen LogP contribution in [0.4, 0.5) is 0 Å². The minimum atomic E-state index is -0.412. The van der Waals surface area contributed by atoms with Crippen molar-refractivity contribution in [3.05, 3.63) is 29.6 Å². The molecule has 78 valence electrons. The maximum absolute atomic E-state index is 12.0. The molecule has 1 unspecified atom stereocenters. The largest absolute Gasteiger partial charge is 0.299 e. The fourth-order valence-electron chi connectivity index (χ4n) is 2.04. The average molecular weight is 203 g/mol. The molecule has 3 nitrogen and oxygen atoms in total. The molecule has 0 aromatic carbocycles. The predicted octanol–water partition coefficient (Wildman–Crippen LogP) is 1.81. The first-order valence-electron chi connectivity index (χ1n) is 5.24. The van der Waals surface area contributed by atoms with Gasteiger partial charge in [-0.1, -0.05) is 6.92 Å². The highest BCUT2D eigenvalue weighted by molar-refractivity contribution is 6.12. The Morgan fingerprint density at radius 1 is 1.60 bits per heavy atom. The third-order valence-corrected chi connectivity index (χ3v) is 2.93. The Morgan fingerprint density at radius 2 is 2.40 bits per heavy atom. The second-order valence-electron chi connectivity index (χ2n) is 3.81. The van der Waals surface area contributed by atoms with Crippen molar-refractivity contribution in [2.45, 2.75) is 26.2 Å². The molecule has 0 aliphatic heterocycles. The third-order valence-electron chi connectivity index (χ3n) is 2.93.